The van der Waals surface area contributed by atoms with Crippen molar-refractivity contribution in [3.05, 3.63) is 42.1 Å². The van der Waals surface area contributed by atoms with Gasteiger partial charge in [-0.05, 0) is 30.2 Å². The summed E-state index contributed by atoms with van der Waals surface area (Å²) in [5.74, 6) is 0.535. The van der Waals surface area contributed by atoms with Gasteiger partial charge in [0, 0.05) is 16.7 Å². The third-order valence-corrected chi connectivity index (χ3v) is 3.45. The first-order chi connectivity index (χ1) is 7.49. The molecule has 88 valence electrons. The molecule has 0 radical (unpaired) electrons. The average Bonchev–Trinajstić information content (AvgIpc) is 2.26. The smallest absolute Gasteiger partial charge is 0.0481 e. The van der Waals surface area contributed by atoms with E-state index < -0.39 is 0 Å². The monoisotopic (exact) mass is 329 g/mol. The summed E-state index contributed by atoms with van der Waals surface area (Å²) in [6.45, 7) is 10.6. The lowest BCUT2D eigenvalue weighted by Crippen LogP contribution is -2.13. The van der Waals surface area contributed by atoms with Crippen LogP contribution in [0.4, 0.5) is 5.69 Å². The Hall–Kier alpha value is -0.510. The summed E-state index contributed by atoms with van der Waals surface area (Å²) in [7, 11) is 2.07. The minimum atomic E-state index is 0.508. The van der Waals surface area contributed by atoms with Gasteiger partial charge < -0.3 is 4.90 Å². The van der Waals surface area contributed by atoms with Gasteiger partial charge in [-0.2, -0.15) is 0 Å². The first kappa shape index (κ1) is 13.6. The highest BCUT2D eigenvalue weighted by atomic mass is 127. The van der Waals surface area contributed by atoms with Crippen molar-refractivity contribution in [3.63, 3.8) is 0 Å². The number of hydrogen-bond donors (Lipinski definition) is 0. The maximum absolute atomic E-state index is 3.86. The summed E-state index contributed by atoms with van der Waals surface area (Å²) >= 11 is 2.46. The lowest BCUT2D eigenvalue weighted by Gasteiger charge is -2.25. The topological polar surface area (TPSA) is 3.24 Å². The molecule has 0 aromatic heterocycles. The van der Waals surface area contributed by atoms with Crippen molar-refractivity contribution in [1.29, 1.82) is 0 Å². The zero-order valence-corrected chi connectivity index (χ0v) is 12.7. The molecule has 0 aliphatic rings. The fraction of sp³-hybridized carbons (Fsp3) is 0.429. The summed E-state index contributed by atoms with van der Waals surface area (Å²) in [6, 6.07) is 6.57. The zero-order valence-electron chi connectivity index (χ0n) is 10.5. The predicted molar refractivity (Wildman–Crippen MR) is 81.6 cm³/mol. The van der Waals surface area contributed by atoms with E-state index >= 15 is 0 Å². The average molecular weight is 329 g/mol. The number of benzene rings is 1. The maximum Gasteiger partial charge on any atom is 0.0481 e. The molecule has 0 saturated heterocycles. The summed E-state index contributed by atoms with van der Waals surface area (Å²) < 4.78 is 0.508. The third kappa shape index (κ3) is 2.78. The Morgan fingerprint density at radius 1 is 1.25 bits per heavy atom. The van der Waals surface area contributed by atoms with Crippen LogP contribution in [-0.4, -0.2) is 7.05 Å². The number of alkyl halides is 1. The largest absolute Gasteiger partial charge is 0.351 e. The van der Waals surface area contributed by atoms with Crippen LogP contribution in [0.2, 0.25) is 0 Å². The molecule has 0 aliphatic heterocycles. The van der Waals surface area contributed by atoms with Crippen LogP contribution >= 0.6 is 22.6 Å². The van der Waals surface area contributed by atoms with E-state index in [1.165, 1.54) is 16.8 Å². The van der Waals surface area contributed by atoms with Gasteiger partial charge in [0.25, 0.3) is 0 Å². The number of nitrogens with zero attached hydrogens (tertiary/aromatic N) is 1. The second-order valence-electron chi connectivity index (χ2n) is 4.35. The molecule has 0 heterocycles. The van der Waals surface area contributed by atoms with Crippen molar-refractivity contribution in [2.24, 2.45) is 0 Å². The van der Waals surface area contributed by atoms with Crippen LogP contribution in [0.3, 0.4) is 0 Å². The normalized spacial score (nSPS) is 12.6. The molecule has 0 spiro atoms. The van der Waals surface area contributed by atoms with Crippen molar-refractivity contribution in [1.82, 2.24) is 0 Å². The van der Waals surface area contributed by atoms with Crippen molar-refractivity contribution in [2.45, 2.75) is 30.6 Å². The van der Waals surface area contributed by atoms with Gasteiger partial charge >= 0.3 is 0 Å². The summed E-state index contributed by atoms with van der Waals surface area (Å²) in [4.78, 5) is 2.12. The van der Waals surface area contributed by atoms with E-state index in [0.29, 0.717) is 9.84 Å². The lowest BCUT2D eigenvalue weighted by atomic mass is 9.96. The Kier molecular flexibility index (Phi) is 4.84. The highest BCUT2D eigenvalue weighted by molar-refractivity contribution is 14.1. The molecule has 0 saturated carbocycles. The van der Waals surface area contributed by atoms with Crippen LogP contribution in [-0.2, 0) is 0 Å². The van der Waals surface area contributed by atoms with E-state index in [1.807, 2.05) is 6.20 Å². The molecular formula is C14H20IN. The van der Waals surface area contributed by atoms with Crippen molar-refractivity contribution in [2.75, 3.05) is 11.9 Å². The van der Waals surface area contributed by atoms with E-state index in [2.05, 4.69) is 80.1 Å². The number of para-hydroxylation sites is 1. The summed E-state index contributed by atoms with van der Waals surface area (Å²) in [5.41, 5.74) is 4.09. The molecule has 1 aromatic rings. The van der Waals surface area contributed by atoms with Gasteiger partial charge in [-0.25, -0.2) is 0 Å². The zero-order chi connectivity index (χ0) is 12.3. The SMILES string of the molecule is C=CN(C)c1c(C(C)C)cccc1C(C)I. The van der Waals surface area contributed by atoms with Crippen molar-refractivity contribution in [3.8, 4) is 0 Å². The van der Waals surface area contributed by atoms with Gasteiger partial charge in [0.2, 0.25) is 0 Å². The van der Waals surface area contributed by atoms with E-state index in [4.69, 9.17) is 0 Å². The number of anilines is 1. The minimum absolute atomic E-state index is 0.508. The van der Waals surface area contributed by atoms with Crippen LogP contribution < -0.4 is 4.90 Å². The standard InChI is InChI=1S/C14H20IN/c1-6-16(5)14-12(10(2)3)8-7-9-13(14)11(4)15/h6-11H,1H2,2-5H3. The molecule has 1 rings (SSSR count). The Morgan fingerprint density at radius 3 is 2.25 bits per heavy atom. The fourth-order valence-corrected chi connectivity index (χ4v) is 2.37. The van der Waals surface area contributed by atoms with E-state index in [9.17, 15) is 0 Å². The third-order valence-electron chi connectivity index (χ3n) is 2.78. The number of hydrogen-bond acceptors (Lipinski definition) is 1. The molecule has 2 heteroatoms. The van der Waals surface area contributed by atoms with Gasteiger partial charge in [-0.15, -0.1) is 0 Å². The Balaban J connectivity index is 3.40. The summed E-state index contributed by atoms with van der Waals surface area (Å²) in [6.07, 6.45) is 1.88. The molecular weight excluding hydrogens is 309 g/mol. The quantitative estimate of drug-likeness (QED) is 0.562. The number of rotatable bonds is 4. The number of halogens is 1. The van der Waals surface area contributed by atoms with E-state index in [0.717, 1.165) is 0 Å². The Labute approximate surface area is 113 Å². The molecule has 16 heavy (non-hydrogen) atoms. The molecule has 0 aliphatic carbocycles. The molecule has 1 atom stereocenters. The van der Waals surface area contributed by atoms with Crippen LogP contribution in [0.25, 0.3) is 0 Å². The molecule has 1 unspecified atom stereocenters. The van der Waals surface area contributed by atoms with Gasteiger partial charge in [-0.3, -0.25) is 0 Å². The van der Waals surface area contributed by atoms with Crippen molar-refractivity contribution < 1.29 is 0 Å². The lowest BCUT2D eigenvalue weighted by molar-refractivity contribution is 0.856. The summed E-state index contributed by atoms with van der Waals surface area (Å²) in [5, 5.41) is 0. The second-order valence-corrected chi connectivity index (χ2v) is 6.22. The van der Waals surface area contributed by atoms with Gasteiger partial charge in [0.1, 0.15) is 0 Å². The molecule has 0 N–H and O–H groups in total. The van der Waals surface area contributed by atoms with Crippen LogP contribution in [0.5, 0.6) is 0 Å². The molecule has 0 amide bonds. The Morgan fingerprint density at radius 2 is 1.81 bits per heavy atom. The van der Waals surface area contributed by atoms with Crippen LogP contribution in [0, 0.1) is 0 Å². The molecule has 1 nitrogen and oxygen atoms in total. The van der Waals surface area contributed by atoms with Crippen LogP contribution in [0.1, 0.15) is 41.7 Å². The maximum atomic E-state index is 3.86. The van der Waals surface area contributed by atoms with Gasteiger partial charge in [0.15, 0.2) is 0 Å². The highest BCUT2D eigenvalue weighted by Crippen LogP contribution is 2.37. The first-order valence-corrected chi connectivity index (χ1v) is 6.85. The van der Waals surface area contributed by atoms with Gasteiger partial charge in [0.05, 0.1) is 0 Å². The minimum Gasteiger partial charge on any atom is -0.351 e. The van der Waals surface area contributed by atoms with Crippen LogP contribution in [0.15, 0.2) is 31.0 Å². The van der Waals surface area contributed by atoms with Crippen molar-refractivity contribution >= 4 is 28.3 Å². The molecule has 0 fully saturated rings. The molecule has 0 bridgehead atoms. The predicted octanol–water partition coefficient (Wildman–Crippen LogP) is 4.89. The fourth-order valence-electron chi connectivity index (χ4n) is 1.87. The first-order valence-electron chi connectivity index (χ1n) is 5.61. The highest BCUT2D eigenvalue weighted by Gasteiger charge is 2.15. The van der Waals surface area contributed by atoms with Gasteiger partial charge in [-0.1, -0.05) is 61.2 Å². The van der Waals surface area contributed by atoms with E-state index in [1.54, 1.807) is 0 Å². The molecule has 1 aromatic carbocycles. The van der Waals surface area contributed by atoms with E-state index in [-0.39, 0.29) is 0 Å². The Bertz CT molecular complexity index is 343. The second kappa shape index (κ2) is 5.71.